The topological polar surface area (TPSA) is 17.1 Å². The Labute approximate surface area is 127 Å². The van der Waals surface area contributed by atoms with Gasteiger partial charge in [0.15, 0.2) is 0 Å². The number of Topliss-reactive ketones (excluding diaryl/α,β-unsaturated/α-hetero) is 1. The van der Waals surface area contributed by atoms with Crippen LogP contribution >= 0.6 is 0 Å². The third kappa shape index (κ3) is 3.02. The van der Waals surface area contributed by atoms with Crippen molar-refractivity contribution in [2.75, 3.05) is 0 Å². The van der Waals surface area contributed by atoms with Crippen molar-refractivity contribution in [2.24, 2.45) is 17.8 Å². The molecule has 0 radical (unpaired) electrons. The average Bonchev–Trinajstić information content (AvgIpc) is 2.49. The van der Waals surface area contributed by atoms with Crippen LogP contribution in [-0.2, 0) is 11.2 Å². The molecular weight excluding hydrogens is 256 g/mol. The standard InChI is InChI=1S/C20H24O/c1-14(2)16-10-11-20(21)18(12-16)13-17-8-5-7-15-6-3-4-9-19(15)17/h3-9,14,16,18H,10-13H2,1-2H3. The van der Waals surface area contributed by atoms with Crippen molar-refractivity contribution in [1.82, 2.24) is 0 Å². The summed E-state index contributed by atoms with van der Waals surface area (Å²) in [6, 6.07) is 15.0. The Bertz CT molecular complexity index is 636. The summed E-state index contributed by atoms with van der Waals surface area (Å²) < 4.78 is 0. The lowest BCUT2D eigenvalue weighted by Gasteiger charge is -2.31. The Morgan fingerprint density at radius 1 is 1.10 bits per heavy atom. The molecule has 2 aromatic carbocycles. The van der Waals surface area contributed by atoms with Crippen LogP contribution in [0.5, 0.6) is 0 Å². The first-order valence-corrected chi connectivity index (χ1v) is 8.14. The highest BCUT2D eigenvalue weighted by Gasteiger charge is 2.30. The van der Waals surface area contributed by atoms with Crippen molar-refractivity contribution in [2.45, 2.75) is 39.5 Å². The molecule has 2 unspecified atom stereocenters. The molecule has 1 aliphatic carbocycles. The molecule has 2 atom stereocenters. The van der Waals surface area contributed by atoms with E-state index >= 15 is 0 Å². The van der Waals surface area contributed by atoms with Gasteiger partial charge in [-0.05, 0) is 47.4 Å². The summed E-state index contributed by atoms with van der Waals surface area (Å²) in [5.74, 6) is 2.09. The first-order chi connectivity index (χ1) is 10.1. The van der Waals surface area contributed by atoms with Gasteiger partial charge in [0.05, 0.1) is 0 Å². The normalized spacial score (nSPS) is 22.9. The van der Waals surface area contributed by atoms with Crippen LogP contribution in [0.25, 0.3) is 10.8 Å². The van der Waals surface area contributed by atoms with E-state index in [1.807, 2.05) is 0 Å². The molecule has 2 aromatic rings. The molecule has 1 nitrogen and oxygen atoms in total. The van der Waals surface area contributed by atoms with Crippen LogP contribution in [0.4, 0.5) is 0 Å². The van der Waals surface area contributed by atoms with Gasteiger partial charge in [-0.15, -0.1) is 0 Å². The highest BCUT2D eigenvalue weighted by Crippen LogP contribution is 2.34. The van der Waals surface area contributed by atoms with E-state index in [0.717, 1.165) is 25.7 Å². The van der Waals surface area contributed by atoms with Gasteiger partial charge in [-0.1, -0.05) is 56.3 Å². The summed E-state index contributed by atoms with van der Waals surface area (Å²) in [5.41, 5.74) is 1.33. The minimum absolute atomic E-state index is 0.219. The number of benzene rings is 2. The Kier molecular flexibility index (Phi) is 4.10. The smallest absolute Gasteiger partial charge is 0.136 e. The minimum Gasteiger partial charge on any atom is -0.299 e. The molecule has 0 heterocycles. The Morgan fingerprint density at radius 3 is 2.67 bits per heavy atom. The second kappa shape index (κ2) is 6.01. The van der Waals surface area contributed by atoms with Crippen LogP contribution in [0, 0.1) is 17.8 Å². The van der Waals surface area contributed by atoms with Crippen LogP contribution in [0.2, 0.25) is 0 Å². The lowest BCUT2D eigenvalue weighted by molar-refractivity contribution is -0.125. The number of hydrogen-bond acceptors (Lipinski definition) is 1. The van der Waals surface area contributed by atoms with Gasteiger partial charge in [0.25, 0.3) is 0 Å². The fourth-order valence-electron chi connectivity index (χ4n) is 3.69. The van der Waals surface area contributed by atoms with E-state index in [0.29, 0.717) is 17.6 Å². The molecule has 110 valence electrons. The summed E-state index contributed by atoms with van der Waals surface area (Å²) in [6.07, 6.45) is 3.84. The minimum atomic E-state index is 0.219. The largest absolute Gasteiger partial charge is 0.299 e. The highest BCUT2D eigenvalue weighted by atomic mass is 16.1. The van der Waals surface area contributed by atoms with Crippen molar-refractivity contribution in [1.29, 1.82) is 0 Å². The van der Waals surface area contributed by atoms with Crippen molar-refractivity contribution in [3.05, 3.63) is 48.0 Å². The van der Waals surface area contributed by atoms with Crippen molar-refractivity contribution in [3.8, 4) is 0 Å². The summed E-state index contributed by atoms with van der Waals surface area (Å²) in [6.45, 7) is 4.57. The third-order valence-electron chi connectivity index (χ3n) is 5.09. The maximum atomic E-state index is 12.3. The molecule has 21 heavy (non-hydrogen) atoms. The first kappa shape index (κ1) is 14.3. The molecule has 0 spiro atoms. The zero-order valence-electron chi connectivity index (χ0n) is 13.0. The molecule has 1 saturated carbocycles. The fourth-order valence-corrected chi connectivity index (χ4v) is 3.69. The van der Waals surface area contributed by atoms with Crippen LogP contribution in [0.15, 0.2) is 42.5 Å². The maximum Gasteiger partial charge on any atom is 0.136 e. The van der Waals surface area contributed by atoms with Crippen molar-refractivity contribution >= 4 is 16.6 Å². The number of hydrogen-bond donors (Lipinski definition) is 0. The predicted octanol–water partition coefficient (Wildman–Crippen LogP) is 5.02. The Balaban J connectivity index is 1.85. The van der Waals surface area contributed by atoms with E-state index in [2.05, 4.69) is 56.3 Å². The van der Waals surface area contributed by atoms with Gasteiger partial charge in [-0.3, -0.25) is 4.79 Å². The molecular formula is C20H24O. The van der Waals surface area contributed by atoms with E-state index in [1.54, 1.807) is 0 Å². The van der Waals surface area contributed by atoms with E-state index in [-0.39, 0.29) is 5.92 Å². The Hall–Kier alpha value is -1.63. The lowest BCUT2D eigenvalue weighted by Crippen LogP contribution is -2.28. The van der Waals surface area contributed by atoms with Gasteiger partial charge in [-0.2, -0.15) is 0 Å². The van der Waals surface area contributed by atoms with Gasteiger partial charge in [0, 0.05) is 12.3 Å². The van der Waals surface area contributed by atoms with Crippen LogP contribution in [0.3, 0.4) is 0 Å². The van der Waals surface area contributed by atoms with E-state index in [9.17, 15) is 4.79 Å². The second-order valence-electron chi connectivity index (χ2n) is 6.78. The maximum absolute atomic E-state index is 12.3. The predicted molar refractivity (Wildman–Crippen MR) is 88.3 cm³/mol. The molecule has 1 fully saturated rings. The first-order valence-electron chi connectivity index (χ1n) is 8.14. The molecule has 0 aromatic heterocycles. The number of carbonyl (C=O) groups is 1. The number of rotatable bonds is 3. The van der Waals surface area contributed by atoms with Crippen LogP contribution in [-0.4, -0.2) is 5.78 Å². The summed E-state index contributed by atoms with van der Waals surface area (Å²) >= 11 is 0. The second-order valence-corrected chi connectivity index (χ2v) is 6.78. The Morgan fingerprint density at radius 2 is 1.86 bits per heavy atom. The average molecular weight is 280 g/mol. The highest BCUT2D eigenvalue weighted by molar-refractivity contribution is 5.87. The third-order valence-corrected chi connectivity index (χ3v) is 5.09. The summed E-state index contributed by atoms with van der Waals surface area (Å²) in [7, 11) is 0. The summed E-state index contributed by atoms with van der Waals surface area (Å²) in [4.78, 5) is 12.3. The number of carbonyl (C=O) groups excluding carboxylic acids is 1. The molecule has 0 N–H and O–H groups in total. The molecule has 1 heteroatoms. The van der Waals surface area contributed by atoms with Crippen molar-refractivity contribution in [3.63, 3.8) is 0 Å². The molecule has 3 rings (SSSR count). The van der Waals surface area contributed by atoms with Crippen LogP contribution < -0.4 is 0 Å². The lowest BCUT2D eigenvalue weighted by atomic mass is 9.73. The zero-order valence-corrected chi connectivity index (χ0v) is 13.0. The summed E-state index contributed by atoms with van der Waals surface area (Å²) in [5, 5.41) is 2.58. The molecule has 0 saturated heterocycles. The van der Waals surface area contributed by atoms with Crippen LogP contribution in [0.1, 0.15) is 38.7 Å². The zero-order chi connectivity index (χ0) is 14.8. The molecule has 0 aliphatic heterocycles. The molecule has 0 amide bonds. The van der Waals surface area contributed by atoms with E-state index in [4.69, 9.17) is 0 Å². The molecule has 1 aliphatic rings. The van der Waals surface area contributed by atoms with E-state index in [1.165, 1.54) is 16.3 Å². The van der Waals surface area contributed by atoms with Gasteiger partial charge in [-0.25, -0.2) is 0 Å². The van der Waals surface area contributed by atoms with Gasteiger partial charge < -0.3 is 0 Å². The molecule has 0 bridgehead atoms. The number of fused-ring (bicyclic) bond motifs is 1. The van der Waals surface area contributed by atoms with Crippen molar-refractivity contribution < 1.29 is 4.79 Å². The van der Waals surface area contributed by atoms with Gasteiger partial charge in [0.1, 0.15) is 5.78 Å². The van der Waals surface area contributed by atoms with Gasteiger partial charge in [0.2, 0.25) is 0 Å². The monoisotopic (exact) mass is 280 g/mol. The quantitative estimate of drug-likeness (QED) is 0.771. The van der Waals surface area contributed by atoms with E-state index < -0.39 is 0 Å². The SMILES string of the molecule is CC(C)C1CCC(=O)C(Cc2cccc3ccccc23)C1. The number of ketones is 1. The fraction of sp³-hybridized carbons (Fsp3) is 0.450. The van der Waals surface area contributed by atoms with Gasteiger partial charge >= 0.3 is 0 Å².